The molecule has 6 heteroatoms. The number of thiocarbonyl (C=S) groups is 1. The lowest BCUT2D eigenvalue weighted by atomic mass is 10.1. The van der Waals surface area contributed by atoms with Crippen molar-refractivity contribution in [3.63, 3.8) is 0 Å². The zero-order valence-corrected chi connectivity index (χ0v) is 10.1. The second kappa shape index (κ2) is 5.35. The van der Waals surface area contributed by atoms with Crippen LogP contribution in [0, 0.1) is 6.92 Å². The molecule has 1 aromatic carbocycles. The average Bonchev–Trinajstić information content (AvgIpc) is 2.15. The maximum Gasteiger partial charge on any atom is 0.390 e. The van der Waals surface area contributed by atoms with Gasteiger partial charge in [0.15, 0.2) is 0 Å². The predicted molar refractivity (Wildman–Crippen MR) is 66.2 cm³/mol. The highest BCUT2D eigenvalue weighted by atomic mass is 32.1. The summed E-state index contributed by atoms with van der Waals surface area (Å²) in [7, 11) is 0. The van der Waals surface area contributed by atoms with Crippen molar-refractivity contribution in [3.05, 3.63) is 29.3 Å². The van der Waals surface area contributed by atoms with Gasteiger partial charge >= 0.3 is 6.18 Å². The first-order chi connectivity index (χ1) is 7.79. The second-order valence-electron chi connectivity index (χ2n) is 3.71. The lowest BCUT2D eigenvalue weighted by Gasteiger charge is -2.13. The molecule has 1 rings (SSSR count). The van der Waals surface area contributed by atoms with Crippen LogP contribution in [0.25, 0.3) is 0 Å². The molecule has 0 unspecified atom stereocenters. The quantitative estimate of drug-likeness (QED) is 0.819. The van der Waals surface area contributed by atoms with Crippen molar-refractivity contribution < 1.29 is 13.2 Å². The van der Waals surface area contributed by atoms with Crippen LogP contribution >= 0.6 is 12.2 Å². The van der Waals surface area contributed by atoms with E-state index in [-0.39, 0.29) is 11.5 Å². The number of hydrogen-bond acceptors (Lipinski definition) is 2. The van der Waals surface area contributed by atoms with Crippen molar-refractivity contribution in [3.8, 4) is 0 Å². The Kier molecular flexibility index (Phi) is 4.34. The zero-order valence-electron chi connectivity index (χ0n) is 9.27. The summed E-state index contributed by atoms with van der Waals surface area (Å²) in [5.41, 5.74) is 7.53. The van der Waals surface area contributed by atoms with Crippen molar-refractivity contribution in [2.45, 2.75) is 19.5 Å². The normalized spacial score (nSPS) is 11.3. The molecule has 17 heavy (non-hydrogen) atoms. The van der Waals surface area contributed by atoms with Crippen LogP contribution in [0.2, 0.25) is 0 Å². The molecule has 0 heterocycles. The Morgan fingerprint density at radius 2 is 2.06 bits per heavy atom. The molecule has 0 fully saturated rings. The van der Waals surface area contributed by atoms with Gasteiger partial charge in [0.1, 0.15) is 4.99 Å². The third kappa shape index (κ3) is 4.60. The van der Waals surface area contributed by atoms with Crippen molar-refractivity contribution in [2.75, 3.05) is 11.9 Å². The Labute approximate surface area is 103 Å². The maximum atomic E-state index is 12.0. The largest absolute Gasteiger partial charge is 0.390 e. The molecule has 94 valence electrons. The minimum Gasteiger partial charge on any atom is -0.389 e. The van der Waals surface area contributed by atoms with E-state index < -0.39 is 12.6 Å². The fourth-order valence-electron chi connectivity index (χ4n) is 1.36. The van der Waals surface area contributed by atoms with Gasteiger partial charge in [-0.25, -0.2) is 0 Å². The van der Waals surface area contributed by atoms with Gasteiger partial charge in [-0.05, 0) is 24.6 Å². The minimum absolute atomic E-state index is 0.166. The van der Waals surface area contributed by atoms with Crippen molar-refractivity contribution in [1.29, 1.82) is 0 Å². The van der Waals surface area contributed by atoms with Crippen LogP contribution in [0.4, 0.5) is 18.9 Å². The van der Waals surface area contributed by atoms with Gasteiger partial charge in [0.2, 0.25) is 0 Å². The van der Waals surface area contributed by atoms with E-state index >= 15 is 0 Å². The third-order valence-electron chi connectivity index (χ3n) is 2.16. The minimum atomic E-state index is -4.17. The fourth-order valence-corrected chi connectivity index (χ4v) is 1.54. The van der Waals surface area contributed by atoms with Crippen LogP contribution in [-0.4, -0.2) is 17.7 Å². The predicted octanol–water partition coefficient (Wildman–Crippen LogP) is 2.99. The van der Waals surface area contributed by atoms with Gasteiger partial charge in [-0.2, -0.15) is 13.2 Å². The van der Waals surface area contributed by atoms with E-state index in [4.69, 9.17) is 18.0 Å². The summed E-state index contributed by atoms with van der Waals surface area (Å²) < 4.78 is 36.0. The molecule has 0 saturated carbocycles. The van der Waals surface area contributed by atoms with E-state index in [1.807, 2.05) is 13.0 Å². The summed E-state index contributed by atoms with van der Waals surface area (Å²) in [5, 5.41) is 2.70. The number of rotatable bonds is 4. The number of halogens is 3. The van der Waals surface area contributed by atoms with E-state index in [1.54, 1.807) is 12.1 Å². The molecule has 0 atom stereocenters. The van der Waals surface area contributed by atoms with Crippen LogP contribution in [0.15, 0.2) is 18.2 Å². The molecule has 0 saturated heterocycles. The van der Waals surface area contributed by atoms with Crippen LogP contribution < -0.4 is 11.1 Å². The van der Waals surface area contributed by atoms with Gasteiger partial charge in [-0.15, -0.1) is 0 Å². The number of anilines is 1. The monoisotopic (exact) mass is 262 g/mol. The zero-order chi connectivity index (χ0) is 13.1. The highest BCUT2D eigenvalue weighted by molar-refractivity contribution is 7.80. The van der Waals surface area contributed by atoms with Crippen molar-refractivity contribution in [2.24, 2.45) is 5.73 Å². The van der Waals surface area contributed by atoms with Gasteiger partial charge in [0.25, 0.3) is 0 Å². The third-order valence-corrected chi connectivity index (χ3v) is 2.38. The second-order valence-corrected chi connectivity index (χ2v) is 4.15. The molecule has 0 spiro atoms. The molecular weight excluding hydrogens is 249 g/mol. The lowest BCUT2D eigenvalue weighted by molar-refractivity contribution is -0.131. The van der Waals surface area contributed by atoms with Gasteiger partial charge in [0.05, 0.1) is 6.42 Å². The van der Waals surface area contributed by atoms with Crippen LogP contribution in [0.3, 0.4) is 0 Å². The molecule has 0 aliphatic heterocycles. The number of aryl methyl sites for hydroxylation is 1. The molecule has 0 aliphatic rings. The standard InChI is InChI=1S/C11H13F3N2S/c1-7-2-3-8(10(15)17)9(6-7)16-5-4-11(12,13)14/h2-3,6,16H,4-5H2,1H3,(H2,15,17). The van der Waals surface area contributed by atoms with Crippen LogP contribution in [-0.2, 0) is 0 Å². The van der Waals surface area contributed by atoms with Crippen molar-refractivity contribution in [1.82, 2.24) is 0 Å². The molecule has 0 amide bonds. The fraction of sp³-hybridized carbons (Fsp3) is 0.364. The Bertz CT molecular complexity index is 416. The molecule has 1 aromatic rings. The van der Waals surface area contributed by atoms with Gasteiger partial charge in [-0.3, -0.25) is 0 Å². The van der Waals surface area contributed by atoms with Crippen LogP contribution in [0.5, 0.6) is 0 Å². The Balaban J connectivity index is 2.75. The highest BCUT2D eigenvalue weighted by Crippen LogP contribution is 2.21. The first-order valence-electron chi connectivity index (χ1n) is 5.00. The molecule has 3 N–H and O–H groups in total. The number of hydrogen-bond donors (Lipinski definition) is 2. The van der Waals surface area contributed by atoms with E-state index in [9.17, 15) is 13.2 Å². The molecule has 2 nitrogen and oxygen atoms in total. The van der Waals surface area contributed by atoms with Gasteiger partial charge in [0, 0.05) is 17.8 Å². The molecule has 0 radical (unpaired) electrons. The SMILES string of the molecule is Cc1ccc(C(N)=S)c(NCCC(F)(F)F)c1. The van der Waals surface area contributed by atoms with E-state index in [2.05, 4.69) is 5.32 Å². The smallest absolute Gasteiger partial charge is 0.389 e. The first kappa shape index (κ1) is 13.8. The average molecular weight is 262 g/mol. The summed E-state index contributed by atoms with van der Waals surface area (Å²) in [4.78, 5) is 0.166. The first-order valence-corrected chi connectivity index (χ1v) is 5.41. The summed E-state index contributed by atoms with van der Waals surface area (Å²) >= 11 is 4.83. The Morgan fingerprint density at radius 1 is 1.41 bits per heavy atom. The van der Waals surface area contributed by atoms with E-state index in [0.717, 1.165) is 5.56 Å². The summed E-state index contributed by atoms with van der Waals surface area (Å²) in [6, 6.07) is 5.24. The van der Waals surface area contributed by atoms with Crippen molar-refractivity contribution >= 4 is 22.9 Å². The van der Waals surface area contributed by atoms with Crippen LogP contribution in [0.1, 0.15) is 17.5 Å². The molecule has 0 aromatic heterocycles. The number of benzene rings is 1. The van der Waals surface area contributed by atoms with Gasteiger partial charge in [-0.1, -0.05) is 18.3 Å². The summed E-state index contributed by atoms with van der Waals surface area (Å²) in [6.45, 7) is 1.65. The van der Waals surface area contributed by atoms with Gasteiger partial charge < -0.3 is 11.1 Å². The molecule has 0 bridgehead atoms. The summed E-state index contributed by atoms with van der Waals surface area (Å²) in [5.74, 6) is 0. The topological polar surface area (TPSA) is 38.0 Å². The van der Waals surface area contributed by atoms with E-state index in [1.165, 1.54) is 0 Å². The highest BCUT2D eigenvalue weighted by Gasteiger charge is 2.26. The molecular formula is C11H13F3N2S. The Hall–Kier alpha value is -1.30. The number of nitrogens with one attached hydrogen (secondary N) is 1. The molecule has 0 aliphatic carbocycles. The lowest BCUT2D eigenvalue weighted by Crippen LogP contribution is -2.17. The van der Waals surface area contributed by atoms with E-state index in [0.29, 0.717) is 11.3 Å². The summed E-state index contributed by atoms with van der Waals surface area (Å²) in [6.07, 6.45) is -5.06. The maximum absolute atomic E-state index is 12.0. The number of nitrogens with two attached hydrogens (primary N) is 1. The number of alkyl halides is 3. The Morgan fingerprint density at radius 3 is 2.59 bits per heavy atom.